The number of rotatable bonds is 7. The standard InChI is InChI=1S/C28H25ClF4N4O4S/c1-16-6-8-34-24(10-16)37-23(7-9-42(37,40)41)27(39)36(20-12-17(30)11-18(31)13-20)25(21-4-2-3-5-22(21)29)26(38)35-19-14-28(32,33)15-19/h2-6,8,10-13,19,23,25H,7,9,14-15H2,1H3,(H,35,38)/t23-,25?/m0/s1. The molecule has 0 spiro atoms. The number of hydrogen-bond acceptors (Lipinski definition) is 5. The molecular formula is C28H25ClF4N4O4S. The van der Waals surface area contributed by atoms with E-state index in [1.807, 2.05) is 0 Å². The number of nitrogens with zero attached hydrogens (tertiary/aromatic N) is 3. The van der Waals surface area contributed by atoms with Crippen LogP contribution in [0.2, 0.25) is 5.02 Å². The second-order valence-electron chi connectivity index (χ2n) is 10.3. The lowest BCUT2D eigenvalue weighted by Gasteiger charge is -2.39. The van der Waals surface area contributed by atoms with Crippen molar-refractivity contribution >= 4 is 44.9 Å². The van der Waals surface area contributed by atoms with E-state index < -0.39 is 81.8 Å². The fourth-order valence-corrected chi connectivity index (χ4v) is 7.14. The zero-order valence-electron chi connectivity index (χ0n) is 22.1. The molecule has 2 heterocycles. The summed E-state index contributed by atoms with van der Waals surface area (Å²) in [6, 6.07) is 7.08. The molecule has 1 aliphatic carbocycles. The minimum atomic E-state index is -4.06. The lowest BCUT2D eigenvalue weighted by atomic mass is 9.87. The van der Waals surface area contributed by atoms with Gasteiger partial charge in [0.1, 0.15) is 29.5 Å². The first kappa shape index (κ1) is 29.8. The minimum absolute atomic E-state index is 0.00233. The third-order valence-electron chi connectivity index (χ3n) is 7.15. The van der Waals surface area contributed by atoms with Crippen LogP contribution in [0, 0.1) is 18.6 Å². The Hall–Kier alpha value is -3.71. The van der Waals surface area contributed by atoms with Crippen molar-refractivity contribution in [2.75, 3.05) is 15.0 Å². The molecule has 1 saturated heterocycles. The summed E-state index contributed by atoms with van der Waals surface area (Å²) < 4.78 is 83.4. The zero-order chi connectivity index (χ0) is 30.4. The van der Waals surface area contributed by atoms with Crippen molar-refractivity contribution in [2.45, 2.75) is 50.2 Å². The van der Waals surface area contributed by atoms with Gasteiger partial charge in [0.25, 0.3) is 11.8 Å². The van der Waals surface area contributed by atoms with E-state index in [0.717, 1.165) is 21.3 Å². The van der Waals surface area contributed by atoms with Crippen molar-refractivity contribution in [1.82, 2.24) is 10.3 Å². The highest BCUT2D eigenvalue weighted by Gasteiger charge is 2.49. The van der Waals surface area contributed by atoms with Gasteiger partial charge in [-0.3, -0.25) is 14.5 Å². The van der Waals surface area contributed by atoms with Crippen molar-refractivity contribution in [3.63, 3.8) is 0 Å². The van der Waals surface area contributed by atoms with Crippen LogP contribution in [-0.4, -0.2) is 49.0 Å². The summed E-state index contributed by atoms with van der Waals surface area (Å²) in [4.78, 5) is 33.1. The van der Waals surface area contributed by atoms with Gasteiger partial charge in [0.2, 0.25) is 15.9 Å². The second-order valence-corrected chi connectivity index (χ2v) is 12.7. The van der Waals surface area contributed by atoms with Gasteiger partial charge >= 0.3 is 0 Å². The van der Waals surface area contributed by atoms with Crippen LogP contribution < -0.4 is 14.5 Å². The van der Waals surface area contributed by atoms with Gasteiger partial charge in [0, 0.05) is 41.7 Å². The van der Waals surface area contributed by atoms with E-state index in [1.54, 1.807) is 19.1 Å². The molecule has 2 aliphatic rings. The molecule has 3 aromatic rings. The Labute approximate surface area is 244 Å². The predicted octanol–water partition coefficient (Wildman–Crippen LogP) is 4.92. The maximum Gasteiger partial charge on any atom is 0.252 e. The van der Waals surface area contributed by atoms with Crippen molar-refractivity contribution in [2.24, 2.45) is 0 Å². The van der Waals surface area contributed by atoms with Crippen molar-refractivity contribution in [3.05, 3.63) is 88.6 Å². The van der Waals surface area contributed by atoms with Gasteiger partial charge < -0.3 is 5.32 Å². The topological polar surface area (TPSA) is 99.7 Å². The fourth-order valence-electron chi connectivity index (χ4n) is 5.22. The molecule has 222 valence electrons. The SMILES string of the molecule is Cc1ccnc(N2[C@H](C(=O)N(c3cc(F)cc(F)c3)C(C(=O)NC3CC(F)(F)C3)c3ccccc3Cl)CCS2(=O)=O)c1. The van der Waals surface area contributed by atoms with E-state index in [1.165, 1.54) is 30.5 Å². The Kier molecular flexibility index (Phi) is 7.92. The normalized spacial score (nSPS) is 20.0. The van der Waals surface area contributed by atoms with Crippen LogP contribution >= 0.6 is 11.6 Å². The molecule has 1 saturated carbocycles. The van der Waals surface area contributed by atoms with Gasteiger partial charge in [0.05, 0.1) is 11.4 Å². The van der Waals surface area contributed by atoms with Gasteiger partial charge in [-0.05, 0) is 49.2 Å². The van der Waals surface area contributed by atoms with Crippen molar-refractivity contribution < 1.29 is 35.6 Å². The summed E-state index contributed by atoms with van der Waals surface area (Å²) >= 11 is 6.44. The highest BCUT2D eigenvalue weighted by atomic mass is 35.5. The lowest BCUT2D eigenvalue weighted by molar-refractivity contribution is -0.133. The molecular weight excluding hydrogens is 600 g/mol. The molecule has 0 bridgehead atoms. The highest BCUT2D eigenvalue weighted by molar-refractivity contribution is 7.93. The maximum atomic E-state index is 14.5. The van der Waals surface area contributed by atoms with E-state index >= 15 is 0 Å². The van der Waals surface area contributed by atoms with Crippen LogP contribution in [0.15, 0.2) is 60.8 Å². The van der Waals surface area contributed by atoms with E-state index in [4.69, 9.17) is 11.6 Å². The maximum absolute atomic E-state index is 14.5. The summed E-state index contributed by atoms with van der Waals surface area (Å²) in [6.45, 7) is 1.70. The Balaban J connectivity index is 1.65. The number of amides is 2. The number of benzene rings is 2. The van der Waals surface area contributed by atoms with E-state index in [-0.39, 0.29) is 22.8 Å². The average Bonchev–Trinajstić information content (AvgIpc) is 3.20. The zero-order valence-corrected chi connectivity index (χ0v) is 23.7. The molecule has 14 heteroatoms. The molecule has 0 radical (unpaired) electrons. The van der Waals surface area contributed by atoms with Gasteiger partial charge in [-0.25, -0.2) is 35.3 Å². The number of pyridine rings is 1. The van der Waals surface area contributed by atoms with Crippen LogP contribution in [0.5, 0.6) is 0 Å². The van der Waals surface area contributed by atoms with Crippen molar-refractivity contribution in [3.8, 4) is 0 Å². The number of anilines is 2. The molecule has 1 unspecified atom stereocenters. The third-order valence-corrected chi connectivity index (χ3v) is 9.29. The molecule has 5 rings (SSSR count). The molecule has 2 fully saturated rings. The van der Waals surface area contributed by atoms with Crippen LogP contribution in [0.1, 0.15) is 36.4 Å². The van der Waals surface area contributed by atoms with Crippen LogP contribution in [-0.2, 0) is 19.6 Å². The monoisotopic (exact) mass is 624 g/mol. The first-order valence-corrected chi connectivity index (χ1v) is 14.9. The number of alkyl halides is 2. The summed E-state index contributed by atoms with van der Waals surface area (Å²) in [5.41, 5.74) is 0.280. The van der Waals surface area contributed by atoms with E-state index in [2.05, 4.69) is 10.3 Å². The Morgan fingerprint density at radius 1 is 1.10 bits per heavy atom. The number of nitrogens with one attached hydrogen (secondary N) is 1. The van der Waals surface area contributed by atoms with Gasteiger partial charge in [-0.1, -0.05) is 29.8 Å². The van der Waals surface area contributed by atoms with Gasteiger partial charge in [0.15, 0.2) is 0 Å². The summed E-state index contributed by atoms with van der Waals surface area (Å²) in [7, 11) is -4.06. The molecule has 8 nitrogen and oxygen atoms in total. The van der Waals surface area contributed by atoms with Crippen molar-refractivity contribution in [1.29, 1.82) is 0 Å². The average molecular weight is 625 g/mol. The molecule has 2 amide bonds. The second kappa shape index (κ2) is 11.2. The predicted molar refractivity (Wildman–Crippen MR) is 148 cm³/mol. The minimum Gasteiger partial charge on any atom is -0.351 e. The molecule has 1 N–H and O–H groups in total. The van der Waals surface area contributed by atoms with Crippen LogP contribution in [0.4, 0.5) is 29.1 Å². The third kappa shape index (κ3) is 5.93. The Bertz CT molecular complexity index is 1630. The number of halogens is 5. The number of carbonyl (C=O) groups is 2. The first-order chi connectivity index (χ1) is 19.8. The molecule has 2 aromatic carbocycles. The first-order valence-electron chi connectivity index (χ1n) is 12.9. The number of aromatic nitrogens is 1. The highest BCUT2D eigenvalue weighted by Crippen LogP contribution is 2.40. The number of aryl methyl sites for hydroxylation is 1. The quantitative estimate of drug-likeness (QED) is 0.377. The van der Waals surface area contributed by atoms with Gasteiger partial charge in [-0.15, -0.1) is 0 Å². The summed E-state index contributed by atoms with van der Waals surface area (Å²) in [5, 5.41) is 2.49. The summed E-state index contributed by atoms with van der Waals surface area (Å²) in [6.07, 6.45) is -0.126. The van der Waals surface area contributed by atoms with E-state index in [0.29, 0.717) is 11.6 Å². The number of carbonyl (C=O) groups excluding carboxylic acids is 2. The Morgan fingerprint density at radius 3 is 2.38 bits per heavy atom. The van der Waals surface area contributed by atoms with Crippen LogP contribution in [0.3, 0.4) is 0 Å². The molecule has 1 aliphatic heterocycles. The molecule has 1 aromatic heterocycles. The smallest absolute Gasteiger partial charge is 0.252 e. The Morgan fingerprint density at radius 2 is 1.76 bits per heavy atom. The fraction of sp³-hybridized carbons (Fsp3) is 0.321. The van der Waals surface area contributed by atoms with Crippen LogP contribution in [0.25, 0.3) is 0 Å². The molecule has 42 heavy (non-hydrogen) atoms. The lowest BCUT2D eigenvalue weighted by Crippen LogP contribution is -2.56. The van der Waals surface area contributed by atoms with E-state index in [9.17, 15) is 35.6 Å². The molecule has 2 atom stereocenters. The number of sulfonamides is 1. The number of hydrogen-bond donors (Lipinski definition) is 1. The summed E-state index contributed by atoms with van der Waals surface area (Å²) in [5.74, 6) is -7.55. The largest absolute Gasteiger partial charge is 0.351 e. The van der Waals surface area contributed by atoms with Gasteiger partial charge in [-0.2, -0.15) is 0 Å².